The summed E-state index contributed by atoms with van der Waals surface area (Å²) in [6, 6.07) is 0. The first-order chi connectivity index (χ1) is 4.88. The van der Waals surface area contributed by atoms with Gasteiger partial charge in [-0.1, -0.05) is 17.7 Å². The van der Waals surface area contributed by atoms with E-state index in [0.717, 1.165) is 5.54 Å². The molecule has 1 atom stereocenters. The van der Waals surface area contributed by atoms with E-state index in [4.69, 9.17) is 0 Å². The van der Waals surface area contributed by atoms with Gasteiger partial charge in [-0.25, -0.2) is 0 Å². The number of hydrogen-bond acceptors (Lipinski definition) is 0. The minimum Gasteiger partial charge on any atom is -0.0808 e. The summed E-state index contributed by atoms with van der Waals surface area (Å²) in [6.07, 6.45) is 10.4. The Morgan fingerprint density at radius 3 is 2.73 bits per heavy atom. The van der Waals surface area contributed by atoms with Gasteiger partial charge in [0.1, 0.15) is 0 Å². The van der Waals surface area contributed by atoms with Gasteiger partial charge < -0.3 is 0 Å². The first-order valence-electron chi connectivity index (χ1n) is 4.28. The Hall–Kier alpha value is 0.697. The van der Waals surface area contributed by atoms with Crippen LogP contribution in [0.1, 0.15) is 25.7 Å². The van der Waals surface area contributed by atoms with E-state index in [1.807, 2.05) is 0 Å². The quantitative estimate of drug-likeness (QED) is 0.479. The fourth-order valence-electron chi connectivity index (χ4n) is 2.04. The third-order valence-corrected chi connectivity index (χ3v) is 3.77. The molecule has 0 nitrogen and oxygen atoms in total. The predicted octanol–water partition coefficient (Wildman–Crippen LogP) is 0.932. The van der Waals surface area contributed by atoms with Gasteiger partial charge in [-0.15, -0.1) is 0 Å². The molecule has 0 N–H and O–H groups in total. The Morgan fingerprint density at radius 2 is 2.00 bits per heavy atom. The summed E-state index contributed by atoms with van der Waals surface area (Å²) in [5.41, 5.74) is 4.37. The van der Waals surface area contributed by atoms with Crippen LogP contribution in [0, 0.1) is 0 Å². The van der Waals surface area contributed by atoms with Crippen molar-refractivity contribution in [3.05, 3.63) is 23.3 Å². The smallest absolute Gasteiger partial charge is 0.0167 e. The predicted molar refractivity (Wildman–Crippen MR) is 55.5 cm³/mol. The van der Waals surface area contributed by atoms with Gasteiger partial charge in [0.2, 0.25) is 0 Å². The van der Waals surface area contributed by atoms with Gasteiger partial charge in [0, 0.05) is 10.2 Å². The van der Waals surface area contributed by atoms with E-state index in [9.17, 15) is 0 Å². The minimum absolute atomic E-state index is 0. The van der Waals surface area contributed by atoms with Gasteiger partial charge in [0.15, 0.2) is 0 Å². The zero-order chi connectivity index (χ0) is 6.97. The van der Waals surface area contributed by atoms with Gasteiger partial charge in [-0.2, -0.15) is 0 Å². The Labute approximate surface area is 93.9 Å². The van der Waals surface area contributed by atoms with Crippen molar-refractivity contribution in [2.24, 2.45) is 0 Å². The molecule has 0 fully saturated rings. The van der Waals surface area contributed by atoms with Crippen LogP contribution in [-0.2, 0) is 0 Å². The number of rotatable bonds is 0. The standard InChI is InChI=1S/C9H14Si.Na.H/c10-9-6-5-7-3-1-2-4-8(7)9;;/h5-6,9H,1-4H2,10H3;;. The Kier molecular flexibility index (Phi) is 3.63. The maximum Gasteiger partial charge on any atom is 0.0167 e. The largest absolute Gasteiger partial charge is 0.0808 e. The molecule has 0 radical (unpaired) electrons. The molecule has 11 heavy (non-hydrogen) atoms. The van der Waals surface area contributed by atoms with Crippen LogP contribution in [0.3, 0.4) is 0 Å². The average molecular weight is 174 g/mol. The van der Waals surface area contributed by atoms with Crippen molar-refractivity contribution in [3.8, 4) is 0 Å². The molecule has 0 spiro atoms. The summed E-state index contributed by atoms with van der Waals surface area (Å²) in [5.74, 6) is 0. The Morgan fingerprint density at radius 1 is 1.27 bits per heavy atom. The van der Waals surface area contributed by atoms with Crippen molar-refractivity contribution >= 4 is 39.8 Å². The normalized spacial score (nSPS) is 28.5. The van der Waals surface area contributed by atoms with E-state index < -0.39 is 0 Å². The second-order valence-electron chi connectivity index (χ2n) is 3.41. The van der Waals surface area contributed by atoms with Crippen LogP contribution < -0.4 is 0 Å². The maximum atomic E-state index is 2.40. The van der Waals surface area contributed by atoms with Gasteiger partial charge in [-0.05, 0) is 36.8 Å². The third-order valence-electron chi connectivity index (χ3n) is 2.69. The molecular formula is C9H15NaSi. The topological polar surface area (TPSA) is 0 Å². The average Bonchev–Trinajstić information content (AvgIpc) is 2.34. The summed E-state index contributed by atoms with van der Waals surface area (Å²) >= 11 is 0. The summed E-state index contributed by atoms with van der Waals surface area (Å²) < 4.78 is 0. The summed E-state index contributed by atoms with van der Waals surface area (Å²) in [4.78, 5) is 0. The fraction of sp³-hybridized carbons (Fsp3) is 0.556. The fourth-order valence-corrected chi connectivity index (χ4v) is 2.89. The van der Waals surface area contributed by atoms with Crippen molar-refractivity contribution in [2.75, 3.05) is 0 Å². The SMILES string of the molecule is [NaH].[SiH3]C1C=CC2=C1CCCC2. The molecule has 0 saturated carbocycles. The molecule has 0 saturated heterocycles. The van der Waals surface area contributed by atoms with Crippen molar-refractivity contribution < 1.29 is 0 Å². The van der Waals surface area contributed by atoms with E-state index >= 15 is 0 Å². The molecule has 2 aliphatic rings. The Balaban J connectivity index is 0.000000605. The first-order valence-corrected chi connectivity index (χ1v) is 5.43. The van der Waals surface area contributed by atoms with Crippen molar-refractivity contribution in [1.29, 1.82) is 0 Å². The van der Waals surface area contributed by atoms with Gasteiger partial charge >= 0.3 is 29.6 Å². The van der Waals surface area contributed by atoms with Crippen LogP contribution in [0.25, 0.3) is 0 Å². The molecule has 2 aliphatic carbocycles. The van der Waals surface area contributed by atoms with Crippen LogP contribution in [0.15, 0.2) is 23.3 Å². The zero-order valence-electron chi connectivity index (χ0n) is 6.56. The van der Waals surface area contributed by atoms with E-state index in [0.29, 0.717) is 0 Å². The third kappa shape index (κ3) is 1.89. The van der Waals surface area contributed by atoms with E-state index in [1.54, 1.807) is 11.1 Å². The molecule has 2 heteroatoms. The van der Waals surface area contributed by atoms with Crippen LogP contribution in [0.5, 0.6) is 0 Å². The first kappa shape index (κ1) is 9.78. The van der Waals surface area contributed by atoms with Crippen molar-refractivity contribution in [3.63, 3.8) is 0 Å². The zero-order valence-corrected chi connectivity index (χ0v) is 8.56. The molecule has 0 aliphatic heterocycles. The van der Waals surface area contributed by atoms with Crippen LogP contribution >= 0.6 is 0 Å². The maximum absolute atomic E-state index is 2.40. The second kappa shape index (κ2) is 4.08. The summed E-state index contributed by atoms with van der Waals surface area (Å²) in [5, 5.41) is 0. The van der Waals surface area contributed by atoms with Crippen molar-refractivity contribution in [2.45, 2.75) is 31.2 Å². The van der Waals surface area contributed by atoms with E-state index in [1.165, 1.54) is 35.9 Å². The van der Waals surface area contributed by atoms with Crippen LogP contribution in [-0.4, -0.2) is 39.8 Å². The molecule has 2 rings (SSSR count). The van der Waals surface area contributed by atoms with Gasteiger partial charge in [0.05, 0.1) is 0 Å². The molecule has 56 valence electrons. The van der Waals surface area contributed by atoms with Crippen LogP contribution in [0.4, 0.5) is 0 Å². The molecule has 0 aromatic heterocycles. The number of hydrogen-bond donors (Lipinski definition) is 0. The van der Waals surface area contributed by atoms with Gasteiger partial charge in [0.25, 0.3) is 0 Å². The van der Waals surface area contributed by atoms with Crippen molar-refractivity contribution in [1.82, 2.24) is 0 Å². The molecule has 1 unspecified atom stereocenters. The molecule has 0 amide bonds. The monoisotopic (exact) mass is 174 g/mol. The Bertz CT molecular complexity index is 206. The van der Waals surface area contributed by atoms with E-state index in [2.05, 4.69) is 12.2 Å². The van der Waals surface area contributed by atoms with E-state index in [-0.39, 0.29) is 29.6 Å². The summed E-state index contributed by atoms with van der Waals surface area (Å²) in [6.45, 7) is 0. The number of allylic oxidation sites excluding steroid dienone is 4. The minimum atomic E-state index is 0. The van der Waals surface area contributed by atoms with Crippen LogP contribution in [0.2, 0.25) is 5.54 Å². The summed E-state index contributed by atoms with van der Waals surface area (Å²) in [7, 11) is 1.33. The van der Waals surface area contributed by atoms with Gasteiger partial charge in [-0.3, -0.25) is 0 Å². The molecule has 0 aromatic carbocycles. The second-order valence-corrected chi connectivity index (χ2v) is 4.65. The molecule has 0 aromatic rings. The molecule has 0 bridgehead atoms. The molecule has 0 heterocycles. The molecular weight excluding hydrogens is 159 g/mol.